The van der Waals surface area contributed by atoms with Gasteiger partial charge in [-0.3, -0.25) is 0 Å². The van der Waals surface area contributed by atoms with Crippen LogP contribution in [0.15, 0.2) is 24.4 Å². The van der Waals surface area contributed by atoms with Crippen LogP contribution >= 0.6 is 11.6 Å². The highest BCUT2D eigenvalue weighted by molar-refractivity contribution is 6.32. The number of nitro groups is 1. The van der Waals surface area contributed by atoms with Crippen LogP contribution in [0, 0.1) is 15.9 Å². The van der Waals surface area contributed by atoms with Crippen LogP contribution in [-0.4, -0.2) is 21.8 Å². The number of aromatic nitrogens is 2. The Balaban J connectivity index is 2.26. The molecule has 8 heteroatoms. The second-order valence-electron chi connectivity index (χ2n) is 3.71. The van der Waals surface area contributed by atoms with Gasteiger partial charge >= 0.3 is 5.82 Å². The van der Waals surface area contributed by atoms with Gasteiger partial charge in [-0.25, -0.2) is 4.39 Å². The minimum atomic E-state index is -0.691. The lowest BCUT2D eigenvalue weighted by molar-refractivity contribution is -0.389. The first-order valence-corrected chi connectivity index (χ1v) is 5.59. The van der Waals surface area contributed by atoms with Gasteiger partial charge in [0, 0.05) is 11.6 Å². The zero-order valence-electron chi connectivity index (χ0n) is 9.84. The van der Waals surface area contributed by atoms with Crippen molar-refractivity contribution in [3.05, 3.63) is 50.9 Å². The topological polar surface area (TPSA) is 70.2 Å². The van der Waals surface area contributed by atoms with Gasteiger partial charge in [-0.15, -0.1) is 0 Å². The van der Waals surface area contributed by atoms with E-state index >= 15 is 0 Å². The van der Waals surface area contributed by atoms with Crippen molar-refractivity contribution in [2.45, 2.75) is 6.54 Å². The van der Waals surface area contributed by atoms with Crippen molar-refractivity contribution in [3.8, 4) is 5.75 Å². The lowest BCUT2D eigenvalue weighted by Gasteiger charge is -2.03. The summed E-state index contributed by atoms with van der Waals surface area (Å²) in [5.74, 6) is -0.532. The molecule has 19 heavy (non-hydrogen) atoms. The molecule has 0 N–H and O–H groups in total. The van der Waals surface area contributed by atoms with Crippen molar-refractivity contribution in [1.29, 1.82) is 0 Å². The van der Waals surface area contributed by atoms with E-state index in [9.17, 15) is 14.5 Å². The smallest absolute Gasteiger partial charge is 0.408 e. The lowest BCUT2D eigenvalue weighted by atomic mass is 10.2. The highest BCUT2D eigenvalue weighted by Gasteiger charge is 2.19. The number of benzene rings is 1. The van der Waals surface area contributed by atoms with Gasteiger partial charge in [0.05, 0.1) is 25.0 Å². The number of ether oxygens (including phenoxy) is 1. The summed E-state index contributed by atoms with van der Waals surface area (Å²) in [4.78, 5) is 9.90. The fraction of sp³-hybridized carbons (Fsp3) is 0.182. The molecule has 0 saturated heterocycles. The molecule has 0 fully saturated rings. The molecule has 0 aliphatic heterocycles. The quantitative estimate of drug-likeness (QED) is 0.639. The Bertz CT molecular complexity index is 630. The SMILES string of the molecule is COc1ccc(Cn2cc(Cl)c([N+](=O)[O-])n2)c(F)c1. The summed E-state index contributed by atoms with van der Waals surface area (Å²) in [6, 6.07) is 4.35. The van der Waals surface area contributed by atoms with Crippen LogP contribution < -0.4 is 4.74 Å². The largest absolute Gasteiger partial charge is 0.497 e. The van der Waals surface area contributed by atoms with Gasteiger partial charge in [0.15, 0.2) is 5.02 Å². The average Bonchev–Trinajstić information content (AvgIpc) is 2.73. The van der Waals surface area contributed by atoms with Crippen LogP contribution in [-0.2, 0) is 6.54 Å². The van der Waals surface area contributed by atoms with Gasteiger partial charge in [0.2, 0.25) is 0 Å². The van der Waals surface area contributed by atoms with E-state index in [4.69, 9.17) is 16.3 Å². The number of halogens is 2. The van der Waals surface area contributed by atoms with Gasteiger partial charge in [0.1, 0.15) is 11.6 Å². The van der Waals surface area contributed by atoms with Crippen LogP contribution in [0.4, 0.5) is 10.2 Å². The first-order chi connectivity index (χ1) is 9.01. The zero-order chi connectivity index (χ0) is 14.0. The fourth-order valence-electron chi connectivity index (χ4n) is 1.55. The van der Waals surface area contributed by atoms with E-state index in [1.54, 1.807) is 6.07 Å². The molecule has 2 aromatic rings. The van der Waals surface area contributed by atoms with Crippen molar-refractivity contribution in [2.75, 3.05) is 7.11 Å². The van der Waals surface area contributed by atoms with Gasteiger partial charge in [-0.05, 0) is 11.0 Å². The molecule has 6 nitrogen and oxygen atoms in total. The molecular formula is C11H9ClFN3O3. The molecule has 0 aliphatic carbocycles. The van der Waals surface area contributed by atoms with E-state index in [0.717, 1.165) is 0 Å². The summed E-state index contributed by atoms with van der Waals surface area (Å²) in [6.07, 6.45) is 1.28. The lowest BCUT2D eigenvalue weighted by Crippen LogP contribution is -2.03. The van der Waals surface area contributed by atoms with Crippen LogP contribution in [0.2, 0.25) is 5.02 Å². The monoisotopic (exact) mass is 285 g/mol. The van der Waals surface area contributed by atoms with Crippen molar-refractivity contribution in [1.82, 2.24) is 9.78 Å². The standard InChI is InChI=1S/C11H9ClFN3O3/c1-19-8-3-2-7(10(13)4-8)5-15-6-9(12)11(14-15)16(17)18/h2-4,6H,5H2,1H3. The predicted molar refractivity (Wildman–Crippen MR) is 65.9 cm³/mol. The van der Waals surface area contributed by atoms with E-state index in [2.05, 4.69) is 5.10 Å². The Hall–Kier alpha value is -2.15. The Kier molecular flexibility index (Phi) is 3.66. The molecule has 2 rings (SSSR count). The summed E-state index contributed by atoms with van der Waals surface area (Å²) >= 11 is 5.65. The van der Waals surface area contributed by atoms with E-state index in [-0.39, 0.29) is 11.6 Å². The van der Waals surface area contributed by atoms with E-state index in [1.807, 2.05) is 0 Å². The Morgan fingerprint density at radius 3 is 2.84 bits per heavy atom. The van der Waals surface area contributed by atoms with Crippen LogP contribution in [0.1, 0.15) is 5.56 Å². The third-order valence-corrected chi connectivity index (χ3v) is 2.73. The third-order valence-electron chi connectivity index (χ3n) is 2.46. The first-order valence-electron chi connectivity index (χ1n) is 5.21. The van der Waals surface area contributed by atoms with E-state index in [1.165, 1.54) is 30.1 Å². The van der Waals surface area contributed by atoms with E-state index < -0.39 is 16.6 Å². The highest BCUT2D eigenvalue weighted by atomic mass is 35.5. The number of hydrogen-bond acceptors (Lipinski definition) is 4. The van der Waals surface area contributed by atoms with Crippen molar-refractivity contribution >= 4 is 17.4 Å². The van der Waals surface area contributed by atoms with Gasteiger partial charge in [0.25, 0.3) is 0 Å². The van der Waals surface area contributed by atoms with Crippen LogP contribution in [0.25, 0.3) is 0 Å². The van der Waals surface area contributed by atoms with Crippen LogP contribution in [0.3, 0.4) is 0 Å². The molecule has 1 heterocycles. The average molecular weight is 286 g/mol. The minimum absolute atomic E-state index is 0.0450. The molecule has 0 saturated carbocycles. The molecule has 0 amide bonds. The molecule has 1 aromatic heterocycles. The summed E-state index contributed by atoms with van der Waals surface area (Å²) in [5, 5.41) is 14.2. The zero-order valence-corrected chi connectivity index (χ0v) is 10.6. The molecule has 1 aromatic carbocycles. The second kappa shape index (κ2) is 5.23. The molecular weight excluding hydrogens is 277 g/mol. The number of hydrogen-bond donors (Lipinski definition) is 0. The molecule has 0 unspecified atom stereocenters. The summed E-state index contributed by atoms with van der Waals surface area (Å²) in [5.41, 5.74) is 0.329. The molecule has 100 valence electrons. The normalized spacial score (nSPS) is 10.5. The maximum Gasteiger partial charge on any atom is 0.408 e. The second-order valence-corrected chi connectivity index (χ2v) is 4.12. The van der Waals surface area contributed by atoms with Crippen molar-refractivity contribution in [3.63, 3.8) is 0 Å². The Labute approximate surface area is 112 Å². The maximum absolute atomic E-state index is 13.7. The predicted octanol–water partition coefficient (Wildman–Crippen LogP) is 2.64. The van der Waals surface area contributed by atoms with E-state index in [0.29, 0.717) is 11.3 Å². The summed E-state index contributed by atoms with van der Waals surface area (Å²) in [7, 11) is 1.44. The number of rotatable bonds is 4. The van der Waals surface area contributed by atoms with Gasteiger partial charge < -0.3 is 14.9 Å². The molecule has 0 radical (unpaired) electrons. The molecule has 0 atom stereocenters. The molecule has 0 bridgehead atoms. The molecule has 0 aliphatic rings. The minimum Gasteiger partial charge on any atom is -0.497 e. The fourth-order valence-corrected chi connectivity index (χ4v) is 1.77. The van der Waals surface area contributed by atoms with Gasteiger partial charge in [-0.2, -0.15) is 4.68 Å². The third kappa shape index (κ3) is 2.82. The highest BCUT2D eigenvalue weighted by Crippen LogP contribution is 2.23. The van der Waals surface area contributed by atoms with Crippen molar-refractivity contribution in [2.24, 2.45) is 0 Å². The summed E-state index contributed by atoms with van der Waals surface area (Å²) in [6.45, 7) is 0.0450. The number of nitrogens with zero attached hydrogens (tertiary/aromatic N) is 3. The molecule has 0 spiro atoms. The Morgan fingerprint density at radius 2 is 2.32 bits per heavy atom. The first kappa shape index (κ1) is 13.3. The number of methoxy groups -OCH3 is 1. The van der Waals surface area contributed by atoms with Gasteiger partial charge in [-0.1, -0.05) is 17.7 Å². The summed E-state index contributed by atoms with van der Waals surface area (Å²) < 4.78 is 19.8. The maximum atomic E-state index is 13.7. The Morgan fingerprint density at radius 1 is 1.58 bits per heavy atom. The van der Waals surface area contributed by atoms with Crippen molar-refractivity contribution < 1.29 is 14.1 Å². The van der Waals surface area contributed by atoms with Crippen LogP contribution in [0.5, 0.6) is 5.75 Å².